The molecule has 11 heteroatoms. The summed E-state index contributed by atoms with van der Waals surface area (Å²) < 4.78 is 17.6. The van der Waals surface area contributed by atoms with Gasteiger partial charge < -0.3 is 45.1 Å². The molecule has 77 heavy (non-hydrogen) atoms. The lowest BCUT2D eigenvalue weighted by molar-refractivity contribution is -0.305. The highest BCUT2D eigenvalue weighted by Crippen LogP contribution is 2.26. The molecule has 0 aliphatic carbocycles. The van der Waals surface area contributed by atoms with Gasteiger partial charge in [-0.25, -0.2) is 0 Å². The minimum Gasteiger partial charge on any atom is -0.454 e. The third kappa shape index (κ3) is 42.0. The Morgan fingerprint density at radius 3 is 1.36 bits per heavy atom. The molecule has 1 saturated heterocycles. The van der Waals surface area contributed by atoms with Crippen molar-refractivity contribution in [1.82, 2.24) is 5.32 Å². The zero-order valence-corrected chi connectivity index (χ0v) is 49.6. The van der Waals surface area contributed by atoms with E-state index in [0.717, 1.165) is 96.3 Å². The number of amides is 1. The number of hydrogen-bond donors (Lipinski definition) is 6. The molecule has 1 fully saturated rings. The SMILES string of the molecule is CCCCC/C=C\C/C=C\C/C=C\C/C=C\CCCCCCCCC(O)C(=O)NC(COC1OC(CO)C(O)C(O)C1OC(=O)CCCCCCCCCCCCCCCC)C(O)/C=C/CCCCCCCCCCCC. The van der Waals surface area contributed by atoms with Gasteiger partial charge >= 0.3 is 5.97 Å². The highest BCUT2D eigenvalue weighted by molar-refractivity contribution is 5.80. The van der Waals surface area contributed by atoms with Crippen LogP contribution in [0.5, 0.6) is 0 Å². The maximum absolute atomic E-state index is 13.4. The molecule has 1 rings (SSSR count). The van der Waals surface area contributed by atoms with E-state index >= 15 is 0 Å². The van der Waals surface area contributed by atoms with E-state index in [-0.39, 0.29) is 19.4 Å². The Labute approximate surface area is 471 Å². The van der Waals surface area contributed by atoms with Crippen LogP contribution in [0.3, 0.4) is 0 Å². The molecule has 0 radical (unpaired) electrons. The number of esters is 1. The first-order valence-corrected chi connectivity index (χ1v) is 32.1. The van der Waals surface area contributed by atoms with Crippen LogP contribution in [0.4, 0.5) is 0 Å². The molecule has 0 spiro atoms. The molecule has 0 bridgehead atoms. The summed E-state index contributed by atoms with van der Waals surface area (Å²) in [6.45, 7) is 5.76. The lowest BCUT2D eigenvalue weighted by Crippen LogP contribution is -2.61. The van der Waals surface area contributed by atoms with Crippen LogP contribution in [-0.4, -0.2) is 99.6 Å². The van der Waals surface area contributed by atoms with Crippen molar-refractivity contribution in [3.8, 4) is 0 Å². The molecule has 1 aliphatic rings. The van der Waals surface area contributed by atoms with Crippen molar-refractivity contribution in [3.05, 3.63) is 60.8 Å². The van der Waals surface area contributed by atoms with Crippen LogP contribution in [0, 0.1) is 0 Å². The van der Waals surface area contributed by atoms with Gasteiger partial charge in [0.05, 0.1) is 25.4 Å². The van der Waals surface area contributed by atoms with Crippen molar-refractivity contribution in [3.63, 3.8) is 0 Å². The number of allylic oxidation sites excluding steroid dienone is 9. The van der Waals surface area contributed by atoms with E-state index in [2.05, 4.69) is 74.7 Å². The van der Waals surface area contributed by atoms with Crippen LogP contribution >= 0.6 is 0 Å². The molecule has 448 valence electrons. The zero-order valence-electron chi connectivity index (χ0n) is 49.6. The molecular weight excluding hydrogens is 967 g/mol. The van der Waals surface area contributed by atoms with Gasteiger partial charge in [0.1, 0.15) is 24.4 Å². The molecule has 0 aromatic heterocycles. The predicted octanol–water partition coefficient (Wildman–Crippen LogP) is 15.4. The Morgan fingerprint density at radius 2 is 0.896 bits per heavy atom. The average molecular weight is 1090 g/mol. The van der Waals surface area contributed by atoms with Gasteiger partial charge in [0.2, 0.25) is 5.91 Å². The van der Waals surface area contributed by atoms with E-state index in [1.807, 2.05) is 6.08 Å². The number of unbranched alkanes of at least 4 members (excludes halogenated alkanes) is 32. The number of aliphatic hydroxyl groups is 5. The highest BCUT2D eigenvalue weighted by atomic mass is 16.7. The van der Waals surface area contributed by atoms with Crippen LogP contribution in [0.25, 0.3) is 0 Å². The Bertz CT molecular complexity index is 1480. The smallest absolute Gasteiger partial charge is 0.306 e. The van der Waals surface area contributed by atoms with Crippen molar-refractivity contribution in [2.24, 2.45) is 0 Å². The van der Waals surface area contributed by atoms with E-state index in [9.17, 15) is 35.1 Å². The third-order valence-electron chi connectivity index (χ3n) is 14.9. The molecule has 1 heterocycles. The monoisotopic (exact) mass is 1090 g/mol. The second kappa shape index (κ2) is 54.0. The van der Waals surface area contributed by atoms with E-state index in [4.69, 9.17) is 14.2 Å². The fraction of sp³-hybridized carbons (Fsp3) is 0.818. The fourth-order valence-electron chi connectivity index (χ4n) is 9.81. The molecule has 0 saturated carbocycles. The van der Waals surface area contributed by atoms with Gasteiger partial charge in [-0.1, -0.05) is 268 Å². The molecule has 0 aromatic rings. The normalized spacial score (nSPS) is 19.4. The number of rotatable bonds is 54. The maximum atomic E-state index is 13.4. The second-order valence-corrected chi connectivity index (χ2v) is 22.1. The Hall–Kier alpha value is -2.64. The first kappa shape index (κ1) is 72.4. The number of carbonyl (C=O) groups excluding carboxylic acids is 2. The summed E-state index contributed by atoms with van der Waals surface area (Å²) in [4.78, 5) is 26.5. The van der Waals surface area contributed by atoms with Crippen LogP contribution < -0.4 is 5.32 Å². The topological polar surface area (TPSA) is 175 Å². The van der Waals surface area contributed by atoms with Gasteiger partial charge in [0.25, 0.3) is 0 Å². The van der Waals surface area contributed by atoms with Crippen LogP contribution in [-0.2, 0) is 23.8 Å². The summed E-state index contributed by atoms with van der Waals surface area (Å²) in [5.41, 5.74) is 0. The Balaban J connectivity index is 2.66. The Kier molecular flexibility index (Phi) is 50.7. The molecule has 8 atom stereocenters. The van der Waals surface area contributed by atoms with E-state index in [0.29, 0.717) is 12.8 Å². The van der Waals surface area contributed by atoms with Crippen molar-refractivity contribution in [1.29, 1.82) is 0 Å². The van der Waals surface area contributed by atoms with Crippen molar-refractivity contribution in [2.75, 3.05) is 13.2 Å². The van der Waals surface area contributed by atoms with Crippen LogP contribution in [0.1, 0.15) is 284 Å². The van der Waals surface area contributed by atoms with Crippen molar-refractivity contribution < 1.29 is 49.3 Å². The minimum atomic E-state index is -1.61. The van der Waals surface area contributed by atoms with Gasteiger partial charge in [0.15, 0.2) is 12.4 Å². The molecular formula is C66H119NO10. The van der Waals surface area contributed by atoms with Gasteiger partial charge in [-0.2, -0.15) is 0 Å². The molecule has 1 amide bonds. The number of carbonyl (C=O) groups is 2. The number of hydrogen-bond acceptors (Lipinski definition) is 10. The quantitative estimate of drug-likeness (QED) is 0.0195. The molecule has 11 nitrogen and oxygen atoms in total. The average Bonchev–Trinajstić information content (AvgIpc) is 3.43. The fourth-order valence-corrected chi connectivity index (χ4v) is 9.81. The Morgan fingerprint density at radius 1 is 0.506 bits per heavy atom. The third-order valence-corrected chi connectivity index (χ3v) is 14.9. The van der Waals surface area contributed by atoms with Crippen molar-refractivity contribution >= 4 is 11.9 Å². The first-order valence-electron chi connectivity index (χ1n) is 32.1. The lowest BCUT2D eigenvalue weighted by Gasteiger charge is -2.41. The highest BCUT2D eigenvalue weighted by Gasteiger charge is 2.47. The number of aliphatic hydroxyl groups excluding tert-OH is 5. The first-order chi connectivity index (χ1) is 37.7. The summed E-state index contributed by atoms with van der Waals surface area (Å²) in [5.74, 6) is -1.20. The summed E-state index contributed by atoms with van der Waals surface area (Å²) in [6.07, 6.45) is 56.8. The summed E-state index contributed by atoms with van der Waals surface area (Å²) in [6, 6.07) is -1.03. The summed E-state index contributed by atoms with van der Waals surface area (Å²) in [7, 11) is 0. The van der Waals surface area contributed by atoms with E-state index in [1.54, 1.807) is 6.08 Å². The molecule has 0 aromatic carbocycles. The number of nitrogens with one attached hydrogen (secondary N) is 1. The summed E-state index contributed by atoms with van der Waals surface area (Å²) >= 11 is 0. The molecule has 6 N–H and O–H groups in total. The molecule has 8 unspecified atom stereocenters. The zero-order chi connectivity index (χ0) is 56.1. The lowest BCUT2D eigenvalue weighted by atomic mass is 9.99. The second-order valence-electron chi connectivity index (χ2n) is 22.1. The van der Waals surface area contributed by atoms with Crippen molar-refractivity contribution in [2.45, 2.75) is 333 Å². The van der Waals surface area contributed by atoms with E-state index < -0.39 is 67.4 Å². The van der Waals surface area contributed by atoms with Crippen LogP contribution in [0.2, 0.25) is 0 Å². The maximum Gasteiger partial charge on any atom is 0.306 e. The minimum absolute atomic E-state index is 0.124. The predicted molar refractivity (Wildman–Crippen MR) is 320 cm³/mol. The summed E-state index contributed by atoms with van der Waals surface area (Å²) in [5, 5.41) is 57.0. The van der Waals surface area contributed by atoms with Gasteiger partial charge in [-0.3, -0.25) is 9.59 Å². The van der Waals surface area contributed by atoms with Gasteiger partial charge in [-0.05, 0) is 70.6 Å². The van der Waals surface area contributed by atoms with Gasteiger partial charge in [0, 0.05) is 6.42 Å². The van der Waals surface area contributed by atoms with Crippen LogP contribution in [0.15, 0.2) is 60.8 Å². The van der Waals surface area contributed by atoms with E-state index in [1.165, 1.54) is 141 Å². The molecule has 1 aliphatic heterocycles. The largest absolute Gasteiger partial charge is 0.454 e. The standard InChI is InChI=1S/C66H119NO10/c1-4-7-10-13-16-19-22-25-27-28-29-30-31-32-33-34-35-38-41-44-47-50-53-59(70)65(74)67-57(58(69)52-49-46-43-40-37-24-21-18-15-12-9-6-3)56-75-66-64(63(73)62(72)60(55-68)76-66)77-61(71)54-51-48-45-42-39-36-26-23-20-17-14-11-8-5-2/h16,19,25,27,29-30,32-33,49,52,57-60,62-64,66,68-70,72-73H,4-15,17-18,20-24,26,28,31,34-48,50-51,53-56H2,1-3H3,(H,67,74)/b19-16-,27-25-,30-29-,33-32-,52-49+. The number of ether oxygens (including phenoxy) is 3. The van der Waals surface area contributed by atoms with Gasteiger partial charge in [-0.15, -0.1) is 0 Å².